The molecule has 0 saturated carbocycles. The molecule has 0 aliphatic rings. The predicted molar refractivity (Wildman–Crippen MR) is 43.2 cm³/mol. The number of nitrogens with zero attached hydrogens (tertiary/aromatic N) is 1. The molecule has 0 aliphatic heterocycles. The van der Waals surface area contributed by atoms with Gasteiger partial charge in [0, 0.05) is 12.1 Å². The van der Waals surface area contributed by atoms with Gasteiger partial charge in [0.1, 0.15) is 0 Å². The van der Waals surface area contributed by atoms with Crippen LogP contribution in [0.4, 0.5) is 0 Å². The zero-order chi connectivity index (χ0) is 7.11. The maximum atomic E-state index is 5.52. The molecule has 0 rings (SSSR count). The summed E-state index contributed by atoms with van der Waals surface area (Å²) in [5, 5.41) is 0. The van der Waals surface area contributed by atoms with Crippen LogP contribution >= 0.6 is 11.6 Å². The molecule has 9 heavy (non-hydrogen) atoms. The van der Waals surface area contributed by atoms with E-state index in [0.29, 0.717) is 5.88 Å². The van der Waals surface area contributed by atoms with Gasteiger partial charge in [0.15, 0.2) is 0 Å². The fraction of sp³-hybridized carbons (Fsp3) is 0.286. The lowest BCUT2D eigenvalue weighted by Gasteiger charge is -1.88. The topological polar surface area (TPSA) is 12.4 Å². The molecule has 0 atom stereocenters. The fourth-order valence-corrected chi connectivity index (χ4v) is 0.610. The van der Waals surface area contributed by atoms with E-state index in [9.17, 15) is 0 Å². The normalized spacial score (nSPS) is 12.4. The van der Waals surface area contributed by atoms with Crippen LogP contribution in [0.5, 0.6) is 0 Å². The molecule has 0 bridgehead atoms. The Morgan fingerprint density at radius 2 is 2.44 bits per heavy atom. The first-order valence-electron chi connectivity index (χ1n) is 2.68. The van der Waals surface area contributed by atoms with E-state index >= 15 is 0 Å². The summed E-state index contributed by atoms with van der Waals surface area (Å²) in [4.78, 5) is 3.54. The lowest BCUT2D eigenvalue weighted by atomic mass is 10.3. The van der Waals surface area contributed by atoms with Crippen LogP contribution in [0.3, 0.4) is 0 Å². The molecule has 0 saturated heterocycles. The molecular weight excluding hydrogens is 134 g/mol. The van der Waals surface area contributed by atoms with Crippen molar-refractivity contribution < 1.29 is 0 Å². The molecule has 0 aliphatic carbocycles. The second kappa shape index (κ2) is 5.57. The number of rotatable bonds is 3. The Morgan fingerprint density at radius 1 is 1.78 bits per heavy atom. The third kappa shape index (κ3) is 3.98. The van der Waals surface area contributed by atoms with Gasteiger partial charge in [-0.3, -0.25) is 4.99 Å². The van der Waals surface area contributed by atoms with Gasteiger partial charge in [-0.25, -0.2) is 0 Å². The number of alkyl halides is 1. The van der Waals surface area contributed by atoms with Crippen molar-refractivity contribution in [1.29, 1.82) is 0 Å². The van der Waals surface area contributed by atoms with Crippen molar-refractivity contribution >= 4 is 18.3 Å². The van der Waals surface area contributed by atoms with Crippen molar-refractivity contribution in [2.45, 2.75) is 6.92 Å². The average molecular weight is 144 g/mol. The Balaban J connectivity index is 3.84. The number of hydrogen-bond donors (Lipinski definition) is 0. The minimum absolute atomic E-state index is 0.530. The van der Waals surface area contributed by atoms with Crippen LogP contribution < -0.4 is 0 Å². The van der Waals surface area contributed by atoms with E-state index in [4.69, 9.17) is 11.6 Å². The summed E-state index contributed by atoms with van der Waals surface area (Å²) in [5.74, 6) is 0.530. The van der Waals surface area contributed by atoms with Gasteiger partial charge in [-0.15, -0.1) is 11.6 Å². The zero-order valence-corrected chi connectivity index (χ0v) is 6.23. The second-order valence-electron chi connectivity index (χ2n) is 1.50. The molecule has 0 unspecified atom stereocenters. The van der Waals surface area contributed by atoms with E-state index in [1.54, 1.807) is 6.20 Å². The van der Waals surface area contributed by atoms with Gasteiger partial charge >= 0.3 is 0 Å². The molecule has 1 nitrogen and oxygen atoms in total. The highest BCUT2D eigenvalue weighted by atomic mass is 35.5. The van der Waals surface area contributed by atoms with Gasteiger partial charge in [-0.2, -0.15) is 0 Å². The minimum Gasteiger partial charge on any atom is -0.273 e. The monoisotopic (exact) mass is 143 g/mol. The van der Waals surface area contributed by atoms with Crippen LogP contribution in [-0.2, 0) is 0 Å². The van der Waals surface area contributed by atoms with E-state index in [0.717, 1.165) is 5.57 Å². The fourth-order valence-electron chi connectivity index (χ4n) is 0.366. The summed E-state index contributed by atoms with van der Waals surface area (Å²) in [6.45, 7) is 5.23. The Morgan fingerprint density at radius 3 is 2.78 bits per heavy atom. The molecule has 50 valence electrons. The lowest BCUT2D eigenvalue weighted by Crippen LogP contribution is -1.75. The Labute approximate surface area is 60.7 Å². The molecule has 0 aromatic carbocycles. The van der Waals surface area contributed by atoms with Gasteiger partial charge < -0.3 is 0 Å². The van der Waals surface area contributed by atoms with E-state index in [1.165, 1.54) is 0 Å². The first-order chi connectivity index (χ1) is 4.35. The minimum atomic E-state index is 0.530. The number of hydrogen-bond acceptors (Lipinski definition) is 1. The van der Waals surface area contributed by atoms with E-state index < -0.39 is 0 Å². The molecule has 2 heteroatoms. The quantitative estimate of drug-likeness (QED) is 0.327. The highest BCUT2D eigenvalue weighted by Crippen LogP contribution is 1.98. The first kappa shape index (κ1) is 8.44. The largest absolute Gasteiger partial charge is 0.273 e. The summed E-state index contributed by atoms with van der Waals surface area (Å²) in [6.07, 6.45) is 5.40. The highest BCUT2D eigenvalue weighted by Gasteiger charge is 1.82. The van der Waals surface area contributed by atoms with Gasteiger partial charge in [-0.05, 0) is 25.3 Å². The Bertz CT molecular complexity index is 136. The molecule has 0 N–H and O–H groups in total. The van der Waals surface area contributed by atoms with Crippen LogP contribution in [0.25, 0.3) is 0 Å². The number of allylic oxidation sites excluding steroid dienone is 3. The third-order valence-electron chi connectivity index (χ3n) is 0.919. The van der Waals surface area contributed by atoms with Crippen molar-refractivity contribution in [3.63, 3.8) is 0 Å². The maximum absolute atomic E-state index is 5.52. The van der Waals surface area contributed by atoms with Crippen LogP contribution in [0.2, 0.25) is 0 Å². The average Bonchev–Trinajstić information content (AvgIpc) is 1.91. The van der Waals surface area contributed by atoms with Crippen LogP contribution in [0, 0.1) is 0 Å². The van der Waals surface area contributed by atoms with Crippen molar-refractivity contribution in [2.75, 3.05) is 5.88 Å². The van der Waals surface area contributed by atoms with Gasteiger partial charge in [0.2, 0.25) is 0 Å². The Hall–Kier alpha value is -0.560. The van der Waals surface area contributed by atoms with Crippen molar-refractivity contribution in [3.8, 4) is 0 Å². The predicted octanol–water partition coefficient (Wildman–Crippen LogP) is 2.39. The first-order valence-corrected chi connectivity index (χ1v) is 3.22. The molecule has 0 fully saturated rings. The van der Waals surface area contributed by atoms with Crippen LogP contribution in [0.15, 0.2) is 28.9 Å². The summed E-state index contributed by atoms with van der Waals surface area (Å²) in [5.41, 5.74) is 1.06. The highest BCUT2D eigenvalue weighted by molar-refractivity contribution is 6.19. The van der Waals surface area contributed by atoms with E-state index in [1.807, 2.05) is 19.1 Å². The summed E-state index contributed by atoms with van der Waals surface area (Å²) < 4.78 is 0. The van der Waals surface area contributed by atoms with Crippen LogP contribution in [-0.4, -0.2) is 12.6 Å². The number of aliphatic imine (C=N–C) groups is 1. The van der Waals surface area contributed by atoms with Gasteiger partial charge in [0.05, 0.1) is 0 Å². The Kier molecular flexibility index (Phi) is 5.23. The van der Waals surface area contributed by atoms with Crippen molar-refractivity contribution in [2.24, 2.45) is 4.99 Å². The summed E-state index contributed by atoms with van der Waals surface area (Å²) in [6, 6.07) is 0. The SMILES string of the molecule is C=N/C=C\C(=C/C)CCl. The number of halogens is 1. The van der Waals surface area contributed by atoms with Crippen molar-refractivity contribution in [1.82, 2.24) is 0 Å². The zero-order valence-electron chi connectivity index (χ0n) is 5.47. The standard InChI is InChI=1S/C7H10ClN/c1-3-7(6-8)4-5-9-2/h3-5H,2,6H2,1H3/b5-4-,7-3+. The van der Waals surface area contributed by atoms with Gasteiger partial charge in [0.25, 0.3) is 0 Å². The lowest BCUT2D eigenvalue weighted by molar-refractivity contribution is 1.45. The molecule has 0 aromatic rings. The van der Waals surface area contributed by atoms with Crippen LogP contribution in [0.1, 0.15) is 6.92 Å². The third-order valence-corrected chi connectivity index (χ3v) is 1.23. The van der Waals surface area contributed by atoms with Crippen molar-refractivity contribution in [3.05, 3.63) is 23.9 Å². The van der Waals surface area contributed by atoms with E-state index in [-0.39, 0.29) is 0 Å². The molecule has 0 radical (unpaired) electrons. The summed E-state index contributed by atoms with van der Waals surface area (Å²) >= 11 is 5.52. The van der Waals surface area contributed by atoms with E-state index in [2.05, 4.69) is 11.7 Å². The molecule has 0 aromatic heterocycles. The maximum Gasteiger partial charge on any atom is 0.0471 e. The summed E-state index contributed by atoms with van der Waals surface area (Å²) in [7, 11) is 0. The smallest absolute Gasteiger partial charge is 0.0471 e. The second-order valence-corrected chi connectivity index (χ2v) is 1.76. The molecular formula is C7H10ClN. The van der Waals surface area contributed by atoms with Gasteiger partial charge in [-0.1, -0.05) is 6.08 Å². The molecule has 0 heterocycles. The molecule has 0 amide bonds. The molecule has 0 spiro atoms.